The van der Waals surface area contributed by atoms with Crippen LogP contribution in [0.4, 0.5) is 0 Å². The Bertz CT molecular complexity index is 1800. The third kappa shape index (κ3) is 15.1. The number of likely N-dealkylation sites (tertiary alicyclic amines) is 2. The van der Waals surface area contributed by atoms with Crippen molar-refractivity contribution in [2.75, 3.05) is 47.7 Å². The molecule has 378 valence electrons. The van der Waals surface area contributed by atoms with Crippen LogP contribution in [0.15, 0.2) is 30.3 Å². The highest BCUT2D eigenvalue weighted by Crippen LogP contribution is 2.32. The number of ketones is 1. The Kier molecular flexibility index (Phi) is 23.5. The molecule has 1 unspecified atom stereocenters. The summed E-state index contributed by atoms with van der Waals surface area (Å²) in [5.74, 6) is -2.70. The average molecular weight is 956 g/mol. The van der Waals surface area contributed by atoms with Crippen LogP contribution >= 0.6 is 11.8 Å². The van der Waals surface area contributed by atoms with Gasteiger partial charge in [0.2, 0.25) is 35.4 Å². The highest BCUT2D eigenvalue weighted by atomic mass is 32.2. The van der Waals surface area contributed by atoms with E-state index < -0.39 is 36.1 Å². The number of thioether (sulfide) groups is 1. The molecule has 3 rings (SSSR count). The molecule has 1 aromatic rings. The Labute approximate surface area is 406 Å². The van der Waals surface area contributed by atoms with E-state index in [1.807, 2.05) is 84.7 Å². The fourth-order valence-electron chi connectivity index (χ4n) is 10.2. The van der Waals surface area contributed by atoms with Crippen LogP contribution in [0.5, 0.6) is 0 Å². The molecule has 0 aliphatic carbocycles. The van der Waals surface area contributed by atoms with E-state index in [9.17, 15) is 33.6 Å². The molecule has 67 heavy (non-hydrogen) atoms. The summed E-state index contributed by atoms with van der Waals surface area (Å²) in [6, 6.07) is 8.41. The first-order valence-electron chi connectivity index (χ1n) is 24.8. The van der Waals surface area contributed by atoms with E-state index in [0.29, 0.717) is 45.2 Å². The molecule has 0 radical (unpaired) electrons. The first-order valence-corrected chi connectivity index (χ1v) is 26.1. The number of methoxy groups -OCH3 is 2. The summed E-state index contributed by atoms with van der Waals surface area (Å²) in [5, 5.41) is 2.88. The molecule has 2 aliphatic rings. The topological polar surface area (TPSA) is 163 Å². The van der Waals surface area contributed by atoms with E-state index in [0.717, 1.165) is 12.0 Å². The summed E-state index contributed by atoms with van der Waals surface area (Å²) in [7, 11) is 6.54. The number of nitrogens with zero attached hydrogens (tertiary/aromatic N) is 4. The molecule has 1 aromatic carbocycles. The normalized spacial score (nSPS) is 20.5. The molecular weight excluding hydrogens is 871 g/mol. The first kappa shape index (κ1) is 57.5. The number of carbonyl (C=O) groups is 7. The quantitative estimate of drug-likeness (QED) is 0.0685. The first-order chi connectivity index (χ1) is 31.7. The van der Waals surface area contributed by atoms with Gasteiger partial charge >= 0.3 is 0 Å². The van der Waals surface area contributed by atoms with Crippen LogP contribution in [0.25, 0.3) is 0 Å². The molecule has 6 amide bonds. The van der Waals surface area contributed by atoms with Gasteiger partial charge in [-0.3, -0.25) is 38.5 Å². The minimum atomic E-state index is -0.732. The van der Waals surface area contributed by atoms with Crippen molar-refractivity contribution in [1.29, 1.82) is 0 Å². The van der Waals surface area contributed by atoms with Crippen LogP contribution in [-0.4, -0.2) is 150 Å². The van der Waals surface area contributed by atoms with Crippen LogP contribution in [0.1, 0.15) is 138 Å². The maximum absolute atomic E-state index is 14.7. The second-order valence-corrected chi connectivity index (χ2v) is 21.0. The van der Waals surface area contributed by atoms with Crippen molar-refractivity contribution in [3.63, 3.8) is 0 Å². The number of ether oxygens (including phenoxy) is 2. The van der Waals surface area contributed by atoms with Crippen molar-refractivity contribution < 1.29 is 43.0 Å². The highest BCUT2D eigenvalue weighted by Gasteiger charge is 2.44. The molecule has 2 heterocycles. The Hall–Kier alpha value is -3.82. The molecule has 2 saturated heterocycles. The lowest BCUT2D eigenvalue weighted by Crippen LogP contribution is -2.55. The molecule has 0 bridgehead atoms. The van der Waals surface area contributed by atoms with Crippen molar-refractivity contribution in [2.24, 2.45) is 29.6 Å². The Morgan fingerprint density at radius 1 is 0.866 bits per heavy atom. The van der Waals surface area contributed by atoms with Crippen molar-refractivity contribution in [3.8, 4) is 0 Å². The summed E-state index contributed by atoms with van der Waals surface area (Å²) >= 11 is 1.39. The standard InChI is InChI=1S/C52H85N5O9S/c1-15-34(6)48(42(65-12)30-45(60)56-28-22-25-40(56)49(66-13)36(8)50(62)53-37(9)35(7)38-23-18-16-19-24-38)55(11)51(63)39(32(2)3)29-41(58)47(33(4)5)54(10)44(59)26-20-17-21-27-57-46(61)31-43(67-14)52(57)64/h16,18-19,23-24,32-37,39-40,42-43,47-49H,15,17,20-22,25-31H2,1-14H3,(H,53,62)/t34-,35+,36+,37+,39-,40-,42+,43?,47-,48-,49+/m0/s1. The molecule has 2 fully saturated rings. The van der Waals surface area contributed by atoms with Gasteiger partial charge in [0.05, 0.1) is 47.9 Å². The minimum absolute atomic E-state index is 0.0167. The minimum Gasteiger partial charge on any atom is -0.379 e. The Morgan fingerprint density at radius 2 is 1.52 bits per heavy atom. The van der Waals surface area contributed by atoms with Crippen LogP contribution in [0, 0.1) is 29.6 Å². The lowest BCUT2D eigenvalue weighted by atomic mass is 9.83. The number of Topliss-reactive ketones (excluding diaryl/α,β-unsaturated/α-hetero) is 1. The number of hydrogen-bond donors (Lipinski definition) is 1. The highest BCUT2D eigenvalue weighted by molar-refractivity contribution is 8.00. The fourth-order valence-corrected chi connectivity index (χ4v) is 10.8. The van der Waals surface area contributed by atoms with Crippen LogP contribution in [0.2, 0.25) is 0 Å². The fraction of sp³-hybridized carbons (Fsp3) is 0.750. The third-order valence-corrected chi connectivity index (χ3v) is 15.7. The van der Waals surface area contributed by atoms with Crippen LogP contribution < -0.4 is 5.32 Å². The second-order valence-electron chi connectivity index (χ2n) is 19.9. The van der Waals surface area contributed by atoms with E-state index in [-0.39, 0.29) is 108 Å². The predicted octanol–water partition coefficient (Wildman–Crippen LogP) is 6.98. The summed E-state index contributed by atoms with van der Waals surface area (Å²) < 4.78 is 12.1. The van der Waals surface area contributed by atoms with Gasteiger partial charge in [0, 0.05) is 78.5 Å². The molecule has 14 nitrogen and oxygen atoms in total. The number of rotatable bonds is 28. The second kappa shape index (κ2) is 27.4. The Morgan fingerprint density at radius 3 is 2.07 bits per heavy atom. The van der Waals surface area contributed by atoms with Gasteiger partial charge in [-0.15, -0.1) is 0 Å². The largest absolute Gasteiger partial charge is 0.379 e. The van der Waals surface area contributed by atoms with Gasteiger partial charge in [-0.25, -0.2) is 0 Å². The van der Waals surface area contributed by atoms with Gasteiger partial charge in [0.25, 0.3) is 0 Å². The van der Waals surface area contributed by atoms with Gasteiger partial charge in [0.15, 0.2) is 5.78 Å². The zero-order chi connectivity index (χ0) is 50.3. The monoisotopic (exact) mass is 956 g/mol. The molecular formula is C52H85N5O9S. The molecule has 0 aromatic heterocycles. The van der Waals surface area contributed by atoms with E-state index in [4.69, 9.17) is 9.47 Å². The maximum atomic E-state index is 14.7. The van der Waals surface area contributed by atoms with Gasteiger partial charge in [-0.2, -0.15) is 11.8 Å². The van der Waals surface area contributed by atoms with E-state index in [1.165, 1.54) is 21.6 Å². The van der Waals surface area contributed by atoms with E-state index in [1.54, 1.807) is 33.2 Å². The van der Waals surface area contributed by atoms with Crippen molar-refractivity contribution in [1.82, 2.24) is 24.9 Å². The zero-order valence-electron chi connectivity index (χ0n) is 43.2. The number of likely N-dealkylation sites (N-methyl/N-ethyl adjacent to an activating group) is 2. The number of hydrogen-bond acceptors (Lipinski definition) is 10. The molecule has 11 atom stereocenters. The van der Waals surface area contributed by atoms with Crippen LogP contribution in [0.3, 0.4) is 0 Å². The summed E-state index contributed by atoms with van der Waals surface area (Å²) in [6.45, 7) is 18.5. The molecule has 1 N–H and O–H groups in total. The summed E-state index contributed by atoms with van der Waals surface area (Å²) in [6.07, 6.45) is 5.03. The van der Waals surface area contributed by atoms with Crippen molar-refractivity contribution in [3.05, 3.63) is 35.9 Å². The number of nitrogens with one attached hydrogen (secondary N) is 1. The van der Waals surface area contributed by atoms with E-state index >= 15 is 0 Å². The molecule has 15 heteroatoms. The zero-order valence-corrected chi connectivity index (χ0v) is 44.1. The van der Waals surface area contributed by atoms with Crippen LogP contribution in [-0.2, 0) is 43.0 Å². The molecule has 0 saturated carbocycles. The van der Waals surface area contributed by atoms with Gasteiger partial charge in [-0.1, -0.05) is 98.6 Å². The number of unbranched alkanes of at least 4 members (excludes halogenated alkanes) is 2. The van der Waals surface area contributed by atoms with Gasteiger partial charge in [0.1, 0.15) is 0 Å². The van der Waals surface area contributed by atoms with Gasteiger partial charge < -0.3 is 29.5 Å². The summed E-state index contributed by atoms with van der Waals surface area (Å²) in [5.41, 5.74) is 1.14. The van der Waals surface area contributed by atoms with E-state index in [2.05, 4.69) is 24.4 Å². The maximum Gasteiger partial charge on any atom is 0.242 e. The SMILES string of the molecule is CC[C@H](C)[C@@H]([C@@H](CC(=O)N1CCC[C@H]1[C@H](OC)[C@@H](C)C(=O)N[C@H](C)[C@@H](C)c1ccccc1)OC)N(C)C(=O)[C@@H](CC(=O)[C@H](C(C)C)N(C)C(=O)CCCCCN1C(=O)CC(SC)C1=O)C(C)C. The smallest absolute Gasteiger partial charge is 0.242 e. The van der Waals surface area contributed by atoms with Crippen molar-refractivity contribution >= 4 is 53.0 Å². The Balaban J connectivity index is 1.69. The number of imide groups is 1. The third-order valence-electron chi connectivity index (χ3n) is 14.8. The summed E-state index contributed by atoms with van der Waals surface area (Å²) in [4.78, 5) is 102. The van der Waals surface area contributed by atoms with Gasteiger partial charge in [-0.05, 0) is 62.2 Å². The van der Waals surface area contributed by atoms with Crippen molar-refractivity contribution in [2.45, 2.75) is 174 Å². The molecule has 0 spiro atoms. The lowest BCUT2D eigenvalue weighted by Gasteiger charge is -2.41. The number of amides is 6. The lowest BCUT2D eigenvalue weighted by molar-refractivity contribution is -0.149. The molecule has 2 aliphatic heterocycles. The number of carbonyl (C=O) groups excluding carboxylic acids is 7. The average Bonchev–Trinajstić information content (AvgIpc) is 3.90. The predicted molar refractivity (Wildman–Crippen MR) is 265 cm³/mol. The number of benzene rings is 1.